The quantitative estimate of drug-likeness (QED) is 0.571. The Morgan fingerprint density at radius 1 is 1.44 bits per heavy atom. The van der Waals surface area contributed by atoms with E-state index in [1.54, 1.807) is 6.07 Å². The van der Waals surface area contributed by atoms with Crippen molar-refractivity contribution in [2.24, 2.45) is 0 Å². The maximum atomic E-state index is 12.2. The lowest BCUT2D eigenvalue weighted by Gasteiger charge is -2.13. The average Bonchev–Trinajstić information content (AvgIpc) is 2.33. The smallest absolute Gasteiger partial charge is 0.387 e. The highest BCUT2D eigenvalue weighted by Crippen LogP contribution is 2.33. The number of hydrogen-bond acceptors (Lipinski definition) is 3. The van der Waals surface area contributed by atoms with Crippen molar-refractivity contribution in [3.05, 3.63) is 27.7 Å². The van der Waals surface area contributed by atoms with E-state index in [2.05, 4.69) is 41.3 Å². The molecule has 0 aliphatic heterocycles. The van der Waals surface area contributed by atoms with E-state index in [1.807, 2.05) is 0 Å². The molecule has 0 saturated heterocycles. The van der Waals surface area contributed by atoms with Gasteiger partial charge in [-0.15, -0.1) is 0 Å². The number of alkyl halides is 3. The lowest BCUT2D eigenvalue weighted by Crippen LogP contribution is -2.09. The molecule has 18 heavy (non-hydrogen) atoms. The molecule has 0 aromatic heterocycles. The second-order valence-corrected chi connectivity index (χ2v) is 4.63. The van der Waals surface area contributed by atoms with Gasteiger partial charge >= 0.3 is 12.6 Å². The summed E-state index contributed by atoms with van der Waals surface area (Å²) in [4.78, 5) is 11.3. The fourth-order valence-electron chi connectivity index (χ4n) is 1.36. The van der Waals surface area contributed by atoms with E-state index in [9.17, 15) is 13.6 Å². The molecule has 0 N–H and O–H groups in total. The van der Waals surface area contributed by atoms with Gasteiger partial charge in [0.25, 0.3) is 0 Å². The zero-order valence-corrected chi connectivity index (χ0v) is 12.6. The van der Waals surface area contributed by atoms with E-state index < -0.39 is 12.6 Å². The van der Waals surface area contributed by atoms with Crippen LogP contribution in [-0.2, 0) is 21.3 Å². The minimum absolute atomic E-state index is 0.00592. The topological polar surface area (TPSA) is 35.5 Å². The monoisotopic (exact) mass is 386 g/mol. The molecule has 0 spiro atoms. The maximum Gasteiger partial charge on any atom is 0.387 e. The second-order valence-electron chi connectivity index (χ2n) is 3.28. The van der Waals surface area contributed by atoms with Gasteiger partial charge in [0, 0.05) is 5.33 Å². The van der Waals surface area contributed by atoms with E-state index in [0.29, 0.717) is 15.4 Å². The minimum Gasteiger partial charge on any atom is -0.469 e. The first-order chi connectivity index (χ1) is 8.49. The first kappa shape index (κ1) is 15.4. The van der Waals surface area contributed by atoms with Gasteiger partial charge in [-0.3, -0.25) is 4.79 Å². The van der Waals surface area contributed by atoms with Gasteiger partial charge < -0.3 is 9.47 Å². The molecule has 0 atom stereocenters. The Labute approximate surface area is 120 Å². The van der Waals surface area contributed by atoms with E-state index in [-0.39, 0.29) is 12.2 Å². The number of benzene rings is 1. The Morgan fingerprint density at radius 3 is 2.61 bits per heavy atom. The van der Waals surface area contributed by atoms with Gasteiger partial charge in [0.05, 0.1) is 18.0 Å². The van der Waals surface area contributed by atoms with E-state index in [0.717, 1.165) is 5.56 Å². The van der Waals surface area contributed by atoms with Crippen LogP contribution in [0.15, 0.2) is 16.6 Å². The van der Waals surface area contributed by atoms with Gasteiger partial charge in [0.2, 0.25) is 0 Å². The van der Waals surface area contributed by atoms with Crippen LogP contribution in [0.3, 0.4) is 0 Å². The summed E-state index contributed by atoms with van der Waals surface area (Å²) in [5, 5.41) is 0.493. The molecule has 0 heterocycles. The van der Waals surface area contributed by atoms with Crippen LogP contribution < -0.4 is 4.74 Å². The van der Waals surface area contributed by atoms with Crippen LogP contribution in [-0.4, -0.2) is 19.7 Å². The number of carbonyl (C=O) groups is 1. The molecule has 0 bridgehead atoms. The van der Waals surface area contributed by atoms with Crippen LogP contribution in [0.4, 0.5) is 8.78 Å². The highest BCUT2D eigenvalue weighted by Gasteiger charge is 2.17. The Hall–Kier alpha value is -0.690. The summed E-state index contributed by atoms with van der Waals surface area (Å²) in [5.41, 5.74) is 1.37. The van der Waals surface area contributed by atoms with Crippen LogP contribution in [0.25, 0.3) is 0 Å². The number of halogens is 4. The SMILES string of the molecule is COC(=O)Cc1c(CBr)ccc(OC(F)F)c1Br. The van der Waals surface area contributed by atoms with Crippen LogP contribution >= 0.6 is 31.9 Å². The molecule has 0 saturated carbocycles. The van der Waals surface area contributed by atoms with Crippen LogP contribution in [0.1, 0.15) is 11.1 Å². The van der Waals surface area contributed by atoms with Crippen molar-refractivity contribution in [1.82, 2.24) is 0 Å². The number of hydrogen-bond donors (Lipinski definition) is 0. The first-order valence-electron chi connectivity index (χ1n) is 4.87. The van der Waals surface area contributed by atoms with Crippen molar-refractivity contribution < 1.29 is 23.0 Å². The molecular formula is C11H10Br2F2O3. The standard InChI is InChI=1S/C11H10Br2F2O3/c1-17-9(16)4-7-6(5-12)2-3-8(10(7)13)18-11(14)15/h2-3,11H,4-5H2,1H3. The van der Waals surface area contributed by atoms with Gasteiger partial charge in [-0.05, 0) is 33.1 Å². The second kappa shape index (κ2) is 7.04. The highest BCUT2D eigenvalue weighted by molar-refractivity contribution is 9.10. The van der Waals surface area contributed by atoms with E-state index >= 15 is 0 Å². The lowest BCUT2D eigenvalue weighted by molar-refractivity contribution is -0.139. The number of ether oxygens (including phenoxy) is 2. The fraction of sp³-hybridized carbons (Fsp3) is 0.364. The van der Waals surface area contributed by atoms with Crippen molar-refractivity contribution in [3.8, 4) is 5.75 Å². The molecule has 1 aromatic rings. The van der Waals surface area contributed by atoms with Gasteiger partial charge in [0.1, 0.15) is 5.75 Å². The number of esters is 1. The largest absolute Gasteiger partial charge is 0.469 e. The van der Waals surface area contributed by atoms with Crippen molar-refractivity contribution in [2.45, 2.75) is 18.4 Å². The Kier molecular flexibility index (Phi) is 6.01. The molecule has 0 fully saturated rings. The summed E-state index contributed by atoms with van der Waals surface area (Å²) in [7, 11) is 1.27. The minimum atomic E-state index is -2.91. The average molecular weight is 388 g/mol. The number of carbonyl (C=O) groups excluding carboxylic acids is 1. The Balaban J connectivity index is 3.13. The molecule has 1 aromatic carbocycles. The molecule has 7 heteroatoms. The summed E-state index contributed by atoms with van der Waals surface area (Å²) >= 11 is 6.44. The molecule has 0 amide bonds. The van der Waals surface area contributed by atoms with E-state index in [4.69, 9.17) is 0 Å². The summed E-state index contributed by atoms with van der Waals surface area (Å²) in [6.07, 6.45) is -0.0154. The van der Waals surface area contributed by atoms with Crippen molar-refractivity contribution in [3.63, 3.8) is 0 Å². The predicted octanol–water partition coefficient (Wildman–Crippen LogP) is 3.66. The van der Waals surface area contributed by atoms with Crippen molar-refractivity contribution in [1.29, 1.82) is 0 Å². The molecule has 100 valence electrons. The zero-order chi connectivity index (χ0) is 13.7. The Bertz CT molecular complexity index is 439. The zero-order valence-electron chi connectivity index (χ0n) is 9.38. The van der Waals surface area contributed by atoms with Crippen LogP contribution in [0, 0.1) is 0 Å². The predicted molar refractivity (Wildman–Crippen MR) is 69.1 cm³/mol. The first-order valence-corrected chi connectivity index (χ1v) is 6.78. The third-order valence-electron chi connectivity index (χ3n) is 2.21. The normalized spacial score (nSPS) is 10.6. The van der Waals surface area contributed by atoms with Crippen LogP contribution in [0.5, 0.6) is 5.75 Å². The molecule has 0 aliphatic carbocycles. The summed E-state index contributed by atoms with van der Waals surface area (Å²) in [5.74, 6) is -0.458. The van der Waals surface area contributed by atoms with Gasteiger partial charge in [0.15, 0.2) is 0 Å². The Morgan fingerprint density at radius 2 is 2.11 bits per heavy atom. The molecular weight excluding hydrogens is 378 g/mol. The van der Waals surface area contributed by atoms with Gasteiger partial charge in [-0.1, -0.05) is 22.0 Å². The highest BCUT2D eigenvalue weighted by atomic mass is 79.9. The maximum absolute atomic E-state index is 12.2. The summed E-state index contributed by atoms with van der Waals surface area (Å²) in [6.45, 7) is -2.91. The third-order valence-corrected chi connectivity index (χ3v) is 3.69. The van der Waals surface area contributed by atoms with Gasteiger partial charge in [-0.2, -0.15) is 8.78 Å². The number of rotatable bonds is 5. The molecule has 3 nitrogen and oxygen atoms in total. The van der Waals surface area contributed by atoms with Crippen molar-refractivity contribution >= 4 is 37.8 Å². The summed E-state index contributed by atoms with van der Waals surface area (Å²) in [6, 6.07) is 3.04. The van der Waals surface area contributed by atoms with Crippen LogP contribution in [0.2, 0.25) is 0 Å². The third kappa shape index (κ3) is 3.91. The molecule has 1 rings (SSSR count). The van der Waals surface area contributed by atoms with Crippen molar-refractivity contribution in [2.75, 3.05) is 7.11 Å². The molecule has 0 unspecified atom stereocenters. The fourth-order valence-corrected chi connectivity index (χ4v) is 2.51. The molecule has 0 radical (unpaired) electrons. The number of methoxy groups -OCH3 is 1. The summed E-state index contributed by atoms with van der Waals surface area (Å²) < 4.78 is 33.7. The van der Waals surface area contributed by atoms with E-state index in [1.165, 1.54) is 13.2 Å². The lowest BCUT2D eigenvalue weighted by atomic mass is 10.1. The molecule has 0 aliphatic rings. The van der Waals surface area contributed by atoms with Gasteiger partial charge in [-0.25, -0.2) is 0 Å².